The SMILES string of the molecule is CNC(C)c1cnc(N2CCN(CC(C)C)CC2)s1. The van der Waals surface area contributed by atoms with Crippen molar-refractivity contribution in [1.29, 1.82) is 0 Å². The molecule has 4 nitrogen and oxygen atoms in total. The molecule has 108 valence electrons. The van der Waals surface area contributed by atoms with Crippen molar-refractivity contribution in [3.63, 3.8) is 0 Å². The lowest BCUT2D eigenvalue weighted by atomic mass is 10.2. The predicted octanol–water partition coefficient (Wildman–Crippen LogP) is 2.20. The summed E-state index contributed by atoms with van der Waals surface area (Å²) in [6, 6.07) is 0.397. The molecule has 1 N–H and O–H groups in total. The molecule has 0 bridgehead atoms. The molecule has 0 aliphatic carbocycles. The number of nitrogens with one attached hydrogen (secondary N) is 1. The van der Waals surface area contributed by atoms with Gasteiger partial charge in [0.1, 0.15) is 0 Å². The van der Waals surface area contributed by atoms with Crippen molar-refractivity contribution in [2.45, 2.75) is 26.8 Å². The highest BCUT2D eigenvalue weighted by atomic mass is 32.1. The number of hydrogen-bond acceptors (Lipinski definition) is 5. The molecule has 1 aromatic heterocycles. The number of nitrogens with zero attached hydrogens (tertiary/aromatic N) is 3. The summed E-state index contributed by atoms with van der Waals surface area (Å²) in [7, 11) is 1.99. The van der Waals surface area contributed by atoms with Gasteiger partial charge in [-0.3, -0.25) is 4.90 Å². The van der Waals surface area contributed by atoms with Gasteiger partial charge >= 0.3 is 0 Å². The summed E-state index contributed by atoms with van der Waals surface area (Å²) in [5.41, 5.74) is 0. The zero-order chi connectivity index (χ0) is 13.8. The number of aromatic nitrogens is 1. The number of thiazole rings is 1. The normalized spacial score (nSPS) is 19.1. The first-order valence-electron chi connectivity index (χ1n) is 7.20. The number of rotatable bonds is 5. The maximum Gasteiger partial charge on any atom is 0.185 e. The molecule has 0 aromatic carbocycles. The Balaban J connectivity index is 1.89. The molecular formula is C14H26N4S. The highest BCUT2D eigenvalue weighted by molar-refractivity contribution is 7.15. The van der Waals surface area contributed by atoms with Crippen LogP contribution in [0.1, 0.15) is 31.7 Å². The van der Waals surface area contributed by atoms with E-state index in [4.69, 9.17) is 0 Å². The summed E-state index contributed by atoms with van der Waals surface area (Å²) in [5, 5.41) is 4.45. The standard InChI is InChI=1S/C14H26N4S/c1-11(2)10-17-5-7-18(8-6-17)14-16-9-13(19-14)12(3)15-4/h9,11-12,15H,5-8,10H2,1-4H3. The van der Waals surface area contributed by atoms with Crippen molar-refractivity contribution in [1.82, 2.24) is 15.2 Å². The average Bonchev–Trinajstić information content (AvgIpc) is 2.87. The zero-order valence-corrected chi connectivity index (χ0v) is 13.3. The van der Waals surface area contributed by atoms with Gasteiger partial charge in [-0.2, -0.15) is 0 Å². The van der Waals surface area contributed by atoms with Crippen LogP contribution in [-0.2, 0) is 0 Å². The summed E-state index contributed by atoms with van der Waals surface area (Å²) in [5.74, 6) is 0.759. The van der Waals surface area contributed by atoms with Crippen LogP contribution < -0.4 is 10.2 Å². The fraction of sp³-hybridized carbons (Fsp3) is 0.786. The van der Waals surface area contributed by atoms with E-state index in [9.17, 15) is 0 Å². The van der Waals surface area contributed by atoms with E-state index in [-0.39, 0.29) is 0 Å². The Morgan fingerprint density at radius 1 is 1.26 bits per heavy atom. The first kappa shape index (κ1) is 14.8. The molecule has 2 rings (SSSR count). The van der Waals surface area contributed by atoms with E-state index < -0.39 is 0 Å². The van der Waals surface area contributed by atoms with Crippen molar-refractivity contribution in [2.75, 3.05) is 44.7 Å². The second-order valence-electron chi connectivity index (χ2n) is 5.74. The molecule has 19 heavy (non-hydrogen) atoms. The molecule has 1 fully saturated rings. The summed E-state index contributed by atoms with van der Waals surface area (Å²) >= 11 is 1.82. The van der Waals surface area contributed by atoms with Gasteiger partial charge in [0.15, 0.2) is 5.13 Å². The van der Waals surface area contributed by atoms with Crippen LogP contribution in [0.25, 0.3) is 0 Å². The van der Waals surface area contributed by atoms with Crippen LogP contribution in [-0.4, -0.2) is 49.7 Å². The second-order valence-corrected chi connectivity index (χ2v) is 6.78. The Kier molecular flexibility index (Phi) is 5.19. The van der Waals surface area contributed by atoms with Gasteiger partial charge in [0.2, 0.25) is 0 Å². The summed E-state index contributed by atoms with van der Waals surface area (Å²) in [4.78, 5) is 10.9. The highest BCUT2D eigenvalue weighted by Crippen LogP contribution is 2.27. The van der Waals surface area contributed by atoms with Gasteiger partial charge in [-0.1, -0.05) is 13.8 Å². The molecule has 1 aliphatic rings. The molecule has 1 aliphatic heterocycles. The molecular weight excluding hydrogens is 256 g/mol. The van der Waals surface area contributed by atoms with Gasteiger partial charge in [0.25, 0.3) is 0 Å². The molecule has 0 radical (unpaired) electrons. The largest absolute Gasteiger partial charge is 0.346 e. The maximum atomic E-state index is 4.58. The minimum absolute atomic E-state index is 0.397. The Bertz CT molecular complexity index is 383. The van der Waals surface area contributed by atoms with Crippen LogP contribution in [0.4, 0.5) is 5.13 Å². The van der Waals surface area contributed by atoms with E-state index in [1.165, 1.54) is 16.6 Å². The fourth-order valence-corrected chi connectivity index (χ4v) is 3.43. The molecule has 1 saturated heterocycles. The molecule has 0 saturated carbocycles. The third-order valence-electron chi connectivity index (χ3n) is 3.64. The van der Waals surface area contributed by atoms with Gasteiger partial charge in [-0.05, 0) is 19.9 Å². The van der Waals surface area contributed by atoms with E-state index in [1.54, 1.807) is 0 Å². The summed E-state index contributed by atoms with van der Waals surface area (Å²) < 4.78 is 0. The van der Waals surface area contributed by atoms with Crippen LogP contribution in [0.15, 0.2) is 6.20 Å². The van der Waals surface area contributed by atoms with E-state index in [0.29, 0.717) is 6.04 Å². The van der Waals surface area contributed by atoms with Gasteiger partial charge < -0.3 is 10.2 Å². The Labute approximate surface area is 120 Å². The lowest BCUT2D eigenvalue weighted by Crippen LogP contribution is -2.47. The van der Waals surface area contributed by atoms with Crippen molar-refractivity contribution < 1.29 is 0 Å². The van der Waals surface area contributed by atoms with Crippen LogP contribution in [0.3, 0.4) is 0 Å². The quantitative estimate of drug-likeness (QED) is 0.897. The Hall–Kier alpha value is -0.650. The average molecular weight is 282 g/mol. The minimum atomic E-state index is 0.397. The van der Waals surface area contributed by atoms with Crippen LogP contribution in [0.2, 0.25) is 0 Å². The van der Waals surface area contributed by atoms with Crippen LogP contribution >= 0.6 is 11.3 Å². The highest BCUT2D eigenvalue weighted by Gasteiger charge is 2.20. The van der Waals surface area contributed by atoms with E-state index in [1.807, 2.05) is 24.6 Å². The van der Waals surface area contributed by atoms with Crippen LogP contribution in [0, 0.1) is 5.92 Å². The van der Waals surface area contributed by atoms with Crippen molar-refractivity contribution in [3.05, 3.63) is 11.1 Å². The summed E-state index contributed by atoms with van der Waals surface area (Å²) in [6.07, 6.45) is 2.02. The smallest absolute Gasteiger partial charge is 0.185 e. The van der Waals surface area contributed by atoms with Crippen molar-refractivity contribution in [3.8, 4) is 0 Å². The van der Waals surface area contributed by atoms with Gasteiger partial charge in [0.05, 0.1) is 0 Å². The molecule has 5 heteroatoms. The second kappa shape index (κ2) is 6.68. The van der Waals surface area contributed by atoms with Crippen LogP contribution in [0.5, 0.6) is 0 Å². The number of anilines is 1. The maximum absolute atomic E-state index is 4.58. The molecule has 0 spiro atoms. The van der Waals surface area contributed by atoms with E-state index in [2.05, 4.69) is 40.9 Å². The predicted molar refractivity (Wildman–Crippen MR) is 83.1 cm³/mol. The topological polar surface area (TPSA) is 31.4 Å². The van der Waals surface area contributed by atoms with Gasteiger partial charge in [-0.15, -0.1) is 11.3 Å². The fourth-order valence-electron chi connectivity index (χ4n) is 2.40. The van der Waals surface area contributed by atoms with E-state index >= 15 is 0 Å². The molecule has 1 aromatic rings. The lowest BCUT2D eigenvalue weighted by molar-refractivity contribution is 0.231. The third kappa shape index (κ3) is 3.91. The van der Waals surface area contributed by atoms with Crippen molar-refractivity contribution >= 4 is 16.5 Å². The molecule has 1 atom stereocenters. The number of hydrogen-bond donors (Lipinski definition) is 1. The molecule has 0 amide bonds. The third-order valence-corrected chi connectivity index (χ3v) is 4.88. The molecule has 1 unspecified atom stereocenters. The lowest BCUT2D eigenvalue weighted by Gasteiger charge is -2.35. The van der Waals surface area contributed by atoms with Gasteiger partial charge in [0, 0.05) is 49.8 Å². The summed E-state index contributed by atoms with van der Waals surface area (Å²) in [6.45, 7) is 12.5. The minimum Gasteiger partial charge on any atom is -0.346 e. The Morgan fingerprint density at radius 3 is 2.53 bits per heavy atom. The zero-order valence-electron chi connectivity index (χ0n) is 12.5. The van der Waals surface area contributed by atoms with Gasteiger partial charge in [-0.25, -0.2) is 4.98 Å². The number of piperazine rings is 1. The first-order chi connectivity index (χ1) is 9.10. The molecule has 2 heterocycles. The Morgan fingerprint density at radius 2 is 1.95 bits per heavy atom. The first-order valence-corrected chi connectivity index (χ1v) is 8.02. The van der Waals surface area contributed by atoms with E-state index in [0.717, 1.165) is 32.1 Å². The van der Waals surface area contributed by atoms with Crippen molar-refractivity contribution in [2.24, 2.45) is 5.92 Å². The monoisotopic (exact) mass is 282 g/mol.